The molecule has 0 spiro atoms. The van der Waals surface area contributed by atoms with Crippen LogP contribution in [-0.4, -0.2) is 4.90 Å². The van der Waals surface area contributed by atoms with Gasteiger partial charge in [-0.25, -0.2) is 0 Å². The molecular weight excluding hydrogens is 362 g/mol. The third-order valence-corrected chi connectivity index (χ3v) is 6.27. The Balaban J connectivity index is 2.40. The van der Waals surface area contributed by atoms with Crippen LogP contribution in [0.3, 0.4) is 0 Å². The van der Waals surface area contributed by atoms with Crippen molar-refractivity contribution in [2.24, 2.45) is 11.8 Å². The lowest BCUT2D eigenvalue weighted by atomic mass is 9.86. The van der Waals surface area contributed by atoms with E-state index in [1.54, 1.807) is 0 Å². The highest BCUT2D eigenvalue weighted by Gasteiger charge is 2.24. The summed E-state index contributed by atoms with van der Waals surface area (Å²) >= 11 is 0. The average Bonchev–Trinajstić information content (AvgIpc) is 2.68. The minimum atomic E-state index is 0.389. The van der Waals surface area contributed by atoms with Crippen LogP contribution in [-0.2, 0) is 6.54 Å². The summed E-state index contributed by atoms with van der Waals surface area (Å²) in [7, 11) is 0. The number of benzene rings is 1. The van der Waals surface area contributed by atoms with Gasteiger partial charge in [0.2, 0.25) is 0 Å². The predicted octanol–water partition coefficient (Wildman–Crippen LogP) is 8.43. The monoisotopic (exact) mass is 403 g/mol. The van der Waals surface area contributed by atoms with Crippen molar-refractivity contribution in [2.75, 3.05) is 0 Å². The summed E-state index contributed by atoms with van der Waals surface area (Å²) < 4.78 is 0. The molecule has 2 atom stereocenters. The van der Waals surface area contributed by atoms with Crippen LogP contribution >= 0.6 is 0 Å². The average molecular weight is 404 g/mol. The van der Waals surface area contributed by atoms with Crippen molar-refractivity contribution in [3.8, 4) is 0 Å². The topological polar surface area (TPSA) is 3.24 Å². The van der Waals surface area contributed by atoms with E-state index >= 15 is 0 Å². The van der Waals surface area contributed by atoms with Gasteiger partial charge in [-0.15, -0.1) is 13.2 Å². The highest BCUT2D eigenvalue weighted by atomic mass is 15.2. The van der Waals surface area contributed by atoms with Crippen LogP contribution in [0.5, 0.6) is 0 Å². The lowest BCUT2D eigenvalue weighted by Gasteiger charge is -2.36. The maximum absolute atomic E-state index is 4.66. The zero-order chi connectivity index (χ0) is 22.3. The Morgan fingerprint density at radius 1 is 1.17 bits per heavy atom. The molecule has 0 bridgehead atoms. The van der Waals surface area contributed by atoms with Gasteiger partial charge >= 0.3 is 0 Å². The first-order valence-corrected chi connectivity index (χ1v) is 11.4. The van der Waals surface area contributed by atoms with Gasteiger partial charge in [-0.2, -0.15) is 0 Å². The second-order valence-electron chi connectivity index (χ2n) is 9.33. The Bertz CT molecular complexity index is 836. The van der Waals surface area contributed by atoms with Gasteiger partial charge in [0.1, 0.15) is 0 Å². The van der Waals surface area contributed by atoms with Gasteiger partial charge in [-0.3, -0.25) is 0 Å². The van der Waals surface area contributed by atoms with Crippen LogP contribution in [0.1, 0.15) is 69.6 Å². The molecule has 30 heavy (non-hydrogen) atoms. The molecule has 1 aromatic rings. The molecular formula is C29H41N. The fraction of sp³-hybridized carbons (Fsp3) is 0.448. The molecule has 2 rings (SSSR count). The van der Waals surface area contributed by atoms with Crippen LogP contribution in [0.15, 0.2) is 78.7 Å². The third-order valence-electron chi connectivity index (χ3n) is 6.27. The molecule has 0 amide bonds. The van der Waals surface area contributed by atoms with E-state index in [-0.39, 0.29) is 0 Å². The fourth-order valence-corrected chi connectivity index (χ4v) is 4.36. The first kappa shape index (κ1) is 24.0. The highest BCUT2D eigenvalue weighted by molar-refractivity contribution is 5.35. The molecule has 0 heterocycles. The van der Waals surface area contributed by atoms with Gasteiger partial charge in [0.25, 0.3) is 0 Å². The molecule has 0 saturated heterocycles. The number of nitrogens with zero attached hydrogens (tertiary/aromatic N) is 1. The molecule has 1 aliphatic rings. The van der Waals surface area contributed by atoms with Crippen LogP contribution in [0.25, 0.3) is 0 Å². The van der Waals surface area contributed by atoms with E-state index in [2.05, 4.69) is 89.6 Å². The van der Waals surface area contributed by atoms with Crippen LogP contribution in [0.4, 0.5) is 0 Å². The summed E-state index contributed by atoms with van der Waals surface area (Å²) in [6.45, 7) is 24.8. The molecule has 0 N–H and O–H groups in total. The fourth-order valence-electron chi connectivity index (χ4n) is 4.36. The van der Waals surface area contributed by atoms with Crippen molar-refractivity contribution in [3.63, 3.8) is 0 Å². The first-order chi connectivity index (χ1) is 14.2. The zero-order valence-electron chi connectivity index (χ0n) is 19.9. The first-order valence-electron chi connectivity index (χ1n) is 11.4. The van der Waals surface area contributed by atoms with E-state index in [0.29, 0.717) is 11.8 Å². The second kappa shape index (κ2) is 11.2. The maximum Gasteiger partial charge on any atom is 0.0478 e. The van der Waals surface area contributed by atoms with E-state index in [1.807, 2.05) is 6.08 Å². The number of rotatable bonds is 11. The number of allylic oxidation sites excluding steroid dienone is 6. The van der Waals surface area contributed by atoms with E-state index < -0.39 is 0 Å². The van der Waals surface area contributed by atoms with E-state index in [4.69, 9.17) is 0 Å². The maximum atomic E-state index is 4.66. The lowest BCUT2D eigenvalue weighted by molar-refractivity contribution is 0.324. The van der Waals surface area contributed by atoms with Crippen LogP contribution < -0.4 is 0 Å². The molecule has 1 nitrogen and oxygen atoms in total. The number of aryl methyl sites for hydroxylation is 2. The molecule has 0 radical (unpaired) electrons. The molecule has 1 aliphatic carbocycles. The van der Waals surface area contributed by atoms with Crippen molar-refractivity contribution < 1.29 is 0 Å². The smallest absolute Gasteiger partial charge is 0.0478 e. The molecule has 0 aliphatic heterocycles. The Kier molecular flexibility index (Phi) is 8.96. The van der Waals surface area contributed by atoms with Gasteiger partial charge in [-0.1, -0.05) is 49.4 Å². The Morgan fingerprint density at radius 3 is 2.50 bits per heavy atom. The number of hydrogen-bond donors (Lipinski definition) is 0. The molecule has 2 unspecified atom stereocenters. The SMILES string of the molecule is C=CCC(C)CC(CC(=C)C)C(=C)N(Cc1ccc(C)c(C)c1)C1=C(C)CCC=C1. The quantitative estimate of drug-likeness (QED) is 0.335. The molecule has 1 heteroatoms. The molecule has 0 aromatic heterocycles. The summed E-state index contributed by atoms with van der Waals surface area (Å²) in [5, 5.41) is 0. The number of hydrogen-bond acceptors (Lipinski definition) is 1. The van der Waals surface area contributed by atoms with Gasteiger partial charge in [-0.05, 0) is 94.1 Å². The Labute approximate surface area is 185 Å². The van der Waals surface area contributed by atoms with Crippen molar-refractivity contribution >= 4 is 0 Å². The summed E-state index contributed by atoms with van der Waals surface area (Å²) in [5.74, 6) is 0.976. The summed E-state index contributed by atoms with van der Waals surface area (Å²) in [6, 6.07) is 6.83. The highest BCUT2D eigenvalue weighted by Crippen LogP contribution is 2.35. The third kappa shape index (κ3) is 6.62. The van der Waals surface area contributed by atoms with E-state index in [0.717, 1.165) is 38.6 Å². The predicted molar refractivity (Wildman–Crippen MR) is 133 cm³/mol. The summed E-state index contributed by atoms with van der Waals surface area (Å²) in [5.41, 5.74) is 9.25. The minimum absolute atomic E-state index is 0.389. The normalized spacial score (nSPS) is 15.6. The Hall–Kier alpha value is -2.28. The van der Waals surface area contributed by atoms with Crippen molar-refractivity contribution in [1.82, 2.24) is 4.90 Å². The van der Waals surface area contributed by atoms with Gasteiger partial charge in [0.05, 0.1) is 0 Å². The molecule has 1 aromatic carbocycles. The van der Waals surface area contributed by atoms with Crippen molar-refractivity contribution in [2.45, 2.75) is 73.3 Å². The molecule has 162 valence electrons. The summed E-state index contributed by atoms with van der Waals surface area (Å²) in [6.07, 6.45) is 12.0. The lowest BCUT2D eigenvalue weighted by Crippen LogP contribution is -2.28. The largest absolute Gasteiger partial charge is 0.341 e. The van der Waals surface area contributed by atoms with E-state index in [1.165, 1.54) is 39.2 Å². The van der Waals surface area contributed by atoms with Crippen molar-refractivity contribution in [1.29, 1.82) is 0 Å². The van der Waals surface area contributed by atoms with Crippen molar-refractivity contribution in [3.05, 3.63) is 95.4 Å². The standard InChI is InChI=1S/C29H41N/c1-9-12-22(4)18-28(17-21(2)3)26(8)30(29-14-11-10-13-24(29)6)20-27-16-15-23(5)25(7)19-27/h9,11,14-16,19,22,28H,1-2,8,10,12-13,17-18,20H2,3-7H3. The Morgan fingerprint density at radius 2 is 1.90 bits per heavy atom. The molecule has 0 fully saturated rings. The summed E-state index contributed by atoms with van der Waals surface area (Å²) in [4.78, 5) is 2.48. The second-order valence-corrected chi connectivity index (χ2v) is 9.33. The van der Waals surface area contributed by atoms with Gasteiger partial charge < -0.3 is 4.90 Å². The molecule has 0 saturated carbocycles. The minimum Gasteiger partial charge on any atom is -0.341 e. The van der Waals surface area contributed by atoms with Gasteiger partial charge in [0.15, 0.2) is 0 Å². The van der Waals surface area contributed by atoms with E-state index in [9.17, 15) is 0 Å². The van der Waals surface area contributed by atoms with Gasteiger partial charge in [0, 0.05) is 23.9 Å². The zero-order valence-corrected chi connectivity index (χ0v) is 19.9. The van der Waals surface area contributed by atoms with Crippen LogP contribution in [0.2, 0.25) is 0 Å². The van der Waals surface area contributed by atoms with Crippen LogP contribution in [0, 0.1) is 25.7 Å².